The Bertz CT molecular complexity index is 1040. The van der Waals surface area contributed by atoms with Crippen molar-refractivity contribution < 1.29 is 5.48 Å². The predicted molar refractivity (Wildman–Crippen MR) is 109 cm³/mol. The Morgan fingerprint density at radius 1 is 0.560 bits per heavy atom. The number of rotatable bonds is 1. The molecule has 0 radical (unpaired) electrons. The maximum atomic E-state index is 2.33. The minimum absolute atomic E-state index is 0. The summed E-state index contributed by atoms with van der Waals surface area (Å²) in [6, 6.07) is 28.7. The molecule has 0 aliphatic carbocycles. The topological polar surface area (TPSA) is 31.5 Å². The number of hydrogen-bond acceptors (Lipinski definition) is 0. The van der Waals surface area contributed by atoms with E-state index in [1.165, 1.54) is 38.2 Å². The van der Waals surface area contributed by atoms with Gasteiger partial charge >= 0.3 is 0 Å². The molecule has 0 unspecified atom stereocenters. The van der Waals surface area contributed by atoms with Gasteiger partial charge in [0.05, 0.1) is 0 Å². The van der Waals surface area contributed by atoms with Gasteiger partial charge in [0.1, 0.15) is 0 Å². The van der Waals surface area contributed by atoms with Crippen LogP contribution in [0.1, 0.15) is 26.3 Å². The highest BCUT2D eigenvalue weighted by molar-refractivity contribution is 6.05. The van der Waals surface area contributed by atoms with Gasteiger partial charge in [0.2, 0.25) is 0 Å². The van der Waals surface area contributed by atoms with Gasteiger partial charge in [-0.2, -0.15) is 0 Å². The normalized spacial score (nSPS) is 11.5. The van der Waals surface area contributed by atoms with Crippen LogP contribution in [0.2, 0.25) is 0 Å². The van der Waals surface area contributed by atoms with E-state index in [4.69, 9.17) is 0 Å². The van der Waals surface area contributed by atoms with E-state index in [0.29, 0.717) is 0 Å². The summed E-state index contributed by atoms with van der Waals surface area (Å²) in [7, 11) is 0. The number of benzene rings is 4. The summed E-state index contributed by atoms with van der Waals surface area (Å²) in [5.41, 5.74) is 4.18. The molecule has 0 spiro atoms. The Labute approximate surface area is 149 Å². The van der Waals surface area contributed by atoms with E-state index in [1.54, 1.807) is 0 Å². The molecule has 0 saturated heterocycles. The van der Waals surface area contributed by atoms with Gasteiger partial charge in [-0.15, -0.1) is 0 Å². The summed E-state index contributed by atoms with van der Waals surface area (Å²) < 4.78 is 0. The van der Waals surface area contributed by atoms with Crippen LogP contribution in [0.3, 0.4) is 0 Å². The summed E-state index contributed by atoms with van der Waals surface area (Å²) in [5.74, 6) is 0. The third-order valence-electron chi connectivity index (χ3n) is 4.77. The lowest BCUT2D eigenvalue weighted by molar-refractivity contribution is 0.592. The van der Waals surface area contributed by atoms with Gasteiger partial charge in [-0.25, -0.2) is 0 Å². The maximum absolute atomic E-state index is 2.33. The van der Waals surface area contributed by atoms with E-state index in [1.807, 2.05) is 0 Å². The van der Waals surface area contributed by atoms with Gasteiger partial charge in [-0.1, -0.05) is 87.5 Å². The van der Waals surface area contributed by atoms with Crippen LogP contribution >= 0.6 is 0 Å². The molecule has 0 heterocycles. The van der Waals surface area contributed by atoms with Crippen LogP contribution in [0.15, 0.2) is 78.9 Å². The van der Waals surface area contributed by atoms with Gasteiger partial charge in [0.25, 0.3) is 0 Å². The minimum atomic E-state index is 0. The average molecular weight is 328 g/mol. The predicted octanol–water partition coefficient (Wildman–Crippen LogP) is 6.13. The maximum Gasteiger partial charge on any atom is -0.00989 e. The van der Waals surface area contributed by atoms with Crippen LogP contribution in [0.25, 0.3) is 32.7 Å². The van der Waals surface area contributed by atoms with Crippen LogP contribution in [-0.4, -0.2) is 5.48 Å². The van der Waals surface area contributed by atoms with E-state index in [-0.39, 0.29) is 10.9 Å². The molecule has 1 heteroatoms. The Balaban J connectivity index is 0.00000182. The quantitative estimate of drug-likeness (QED) is 0.376. The molecule has 4 aromatic carbocycles. The molecule has 0 aliphatic rings. The molecule has 2 N–H and O–H groups in total. The molecule has 126 valence electrons. The third-order valence-corrected chi connectivity index (χ3v) is 4.77. The van der Waals surface area contributed by atoms with Crippen molar-refractivity contribution >= 4 is 21.5 Å². The second kappa shape index (κ2) is 6.34. The summed E-state index contributed by atoms with van der Waals surface area (Å²) in [6.07, 6.45) is 0. The first kappa shape index (κ1) is 17.2. The van der Waals surface area contributed by atoms with Gasteiger partial charge in [0, 0.05) is 0 Å². The highest BCUT2D eigenvalue weighted by Crippen LogP contribution is 2.37. The van der Waals surface area contributed by atoms with Crippen molar-refractivity contribution in [3.8, 4) is 11.1 Å². The molecule has 0 bridgehead atoms. The molecular formula is C24H24O. The molecule has 0 atom stereocenters. The molecule has 0 aromatic heterocycles. The Morgan fingerprint density at radius 2 is 1.12 bits per heavy atom. The molecule has 0 aliphatic heterocycles. The Morgan fingerprint density at radius 3 is 1.84 bits per heavy atom. The molecule has 4 rings (SSSR count). The first-order valence-electron chi connectivity index (χ1n) is 8.55. The zero-order valence-corrected chi connectivity index (χ0v) is 15.0. The van der Waals surface area contributed by atoms with Crippen molar-refractivity contribution in [3.63, 3.8) is 0 Å². The van der Waals surface area contributed by atoms with Crippen LogP contribution < -0.4 is 0 Å². The highest BCUT2D eigenvalue weighted by Gasteiger charge is 2.19. The van der Waals surface area contributed by atoms with Crippen molar-refractivity contribution in [1.29, 1.82) is 0 Å². The Kier molecular flexibility index (Phi) is 4.36. The average Bonchev–Trinajstić information content (AvgIpc) is 2.58. The molecule has 25 heavy (non-hydrogen) atoms. The summed E-state index contributed by atoms with van der Waals surface area (Å²) in [6.45, 7) is 6.85. The van der Waals surface area contributed by atoms with Gasteiger partial charge < -0.3 is 5.48 Å². The first-order valence-corrected chi connectivity index (χ1v) is 8.55. The number of hydrogen-bond donors (Lipinski definition) is 0. The van der Waals surface area contributed by atoms with Crippen molar-refractivity contribution in [2.75, 3.05) is 0 Å². The largest absolute Gasteiger partial charge is 0.412 e. The lowest BCUT2D eigenvalue weighted by Gasteiger charge is -2.23. The fourth-order valence-electron chi connectivity index (χ4n) is 3.57. The van der Waals surface area contributed by atoms with Crippen LogP contribution in [0.5, 0.6) is 0 Å². The Hall–Kier alpha value is -2.64. The van der Waals surface area contributed by atoms with Crippen molar-refractivity contribution in [3.05, 3.63) is 84.4 Å². The standard InChI is InChI=1S/C24H22.H2O/c1-24(2,3)23-14-7-6-12-21(23)20-13-8-11-19-15-17-9-4-5-10-18(17)16-22(19)20;/h4-16H,1-3H3;1H2. The molecule has 0 amide bonds. The molecule has 4 aromatic rings. The molecule has 1 nitrogen and oxygen atoms in total. The molecule has 0 fully saturated rings. The van der Waals surface area contributed by atoms with Crippen LogP contribution in [0.4, 0.5) is 0 Å². The SMILES string of the molecule is CC(C)(C)c1ccccc1-c1cccc2cc3ccccc3cc12.O. The van der Waals surface area contributed by atoms with Crippen LogP contribution in [0, 0.1) is 0 Å². The van der Waals surface area contributed by atoms with Gasteiger partial charge in [-0.05, 0) is 55.8 Å². The summed E-state index contributed by atoms with van der Waals surface area (Å²) in [4.78, 5) is 0. The second-order valence-electron chi connectivity index (χ2n) is 7.52. The lowest BCUT2D eigenvalue weighted by Crippen LogP contribution is -2.12. The highest BCUT2D eigenvalue weighted by atomic mass is 16.0. The monoisotopic (exact) mass is 328 g/mol. The first-order chi connectivity index (χ1) is 11.5. The zero-order valence-electron chi connectivity index (χ0n) is 15.0. The number of fused-ring (bicyclic) bond motifs is 2. The summed E-state index contributed by atoms with van der Waals surface area (Å²) >= 11 is 0. The third kappa shape index (κ3) is 3.04. The van der Waals surface area contributed by atoms with Crippen LogP contribution in [-0.2, 0) is 5.41 Å². The van der Waals surface area contributed by atoms with E-state index < -0.39 is 0 Å². The van der Waals surface area contributed by atoms with E-state index in [0.717, 1.165) is 0 Å². The zero-order chi connectivity index (χ0) is 16.7. The minimum Gasteiger partial charge on any atom is -0.412 e. The van der Waals surface area contributed by atoms with E-state index >= 15 is 0 Å². The van der Waals surface area contributed by atoms with Gasteiger partial charge in [-0.3, -0.25) is 0 Å². The van der Waals surface area contributed by atoms with Crippen molar-refractivity contribution in [2.45, 2.75) is 26.2 Å². The molecule has 0 saturated carbocycles. The van der Waals surface area contributed by atoms with E-state index in [2.05, 4.69) is 99.6 Å². The fourth-order valence-corrected chi connectivity index (χ4v) is 3.57. The smallest absolute Gasteiger partial charge is 0.00989 e. The summed E-state index contributed by atoms with van der Waals surface area (Å²) in [5, 5.41) is 5.22. The lowest BCUT2D eigenvalue weighted by atomic mass is 9.81. The van der Waals surface area contributed by atoms with Gasteiger partial charge in [0.15, 0.2) is 0 Å². The van der Waals surface area contributed by atoms with Crippen molar-refractivity contribution in [2.24, 2.45) is 0 Å². The van der Waals surface area contributed by atoms with Crippen molar-refractivity contribution in [1.82, 2.24) is 0 Å². The molecular weight excluding hydrogens is 304 g/mol. The fraction of sp³-hybridized carbons (Fsp3) is 0.167. The second-order valence-corrected chi connectivity index (χ2v) is 7.52. The van der Waals surface area contributed by atoms with E-state index in [9.17, 15) is 0 Å².